The van der Waals surface area contributed by atoms with Crippen molar-refractivity contribution in [2.45, 2.75) is 117 Å². The van der Waals surface area contributed by atoms with E-state index in [1.165, 1.54) is 90.1 Å². The number of aromatic nitrogens is 4. The molecule has 4 nitrogen and oxygen atoms in total. The first-order valence-corrected chi connectivity index (χ1v) is 11.9. The van der Waals surface area contributed by atoms with Crippen LogP contribution in [0.5, 0.6) is 0 Å². The molecule has 0 saturated carbocycles. The first kappa shape index (κ1) is 22.7. The smallest absolute Gasteiger partial charge is 0.237 e. The molecule has 0 radical (unpaired) electrons. The number of hydrogen-bond acceptors (Lipinski definition) is 0. The third-order valence-corrected chi connectivity index (χ3v) is 5.61. The summed E-state index contributed by atoms with van der Waals surface area (Å²) in [5.41, 5.74) is 0. The second-order valence-corrected chi connectivity index (χ2v) is 8.31. The standard InChI is InChI=1S/C24H44N4/c1-3-5-15-25-19-21-27(23-25)17-13-11-9-7-8-10-12-14-18-28-22-20-26(24-28)16-6-4-2/h19-24H,3-18H2,1-2H3/q+2. The van der Waals surface area contributed by atoms with Gasteiger partial charge in [0.25, 0.3) is 0 Å². The summed E-state index contributed by atoms with van der Waals surface area (Å²) in [6.07, 6.45) is 29.5. The Kier molecular flexibility index (Phi) is 11.7. The quantitative estimate of drug-likeness (QED) is 0.259. The first-order chi connectivity index (χ1) is 13.8. The van der Waals surface area contributed by atoms with E-state index in [0.717, 1.165) is 13.1 Å². The summed E-state index contributed by atoms with van der Waals surface area (Å²) < 4.78 is 9.34. The van der Waals surface area contributed by atoms with Crippen molar-refractivity contribution in [3.8, 4) is 0 Å². The van der Waals surface area contributed by atoms with Crippen LogP contribution < -0.4 is 9.13 Å². The highest BCUT2D eigenvalue weighted by atomic mass is 15.1. The van der Waals surface area contributed by atoms with E-state index in [0.29, 0.717) is 0 Å². The molecule has 0 spiro atoms. The molecule has 2 heterocycles. The molecule has 0 aromatic carbocycles. The van der Waals surface area contributed by atoms with Crippen molar-refractivity contribution in [2.24, 2.45) is 0 Å². The van der Waals surface area contributed by atoms with Gasteiger partial charge in [0.1, 0.15) is 24.8 Å². The van der Waals surface area contributed by atoms with Crippen LogP contribution in [0.2, 0.25) is 0 Å². The Labute approximate surface area is 173 Å². The molecular formula is C24H44N4+2. The normalized spacial score (nSPS) is 11.4. The number of unbranched alkanes of at least 4 members (excludes halogenated alkanes) is 9. The van der Waals surface area contributed by atoms with Gasteiger partial charge in [-0.3, -0.25) is 0 Å². The zero-order valence-corrected chi connectivity index (χ0v) is 18.6. The van der Waals surface area contributed by atoms with Crippen LogP contribution in [0.25, 0.3) is 0 Å². The lowest BCUT2D eigenvalue weighted by molar-refractivity contribution is -0.697. The molecule has 2 aromatic heterocycles. The van der Waals surface area contributed by atoms with Gasteiger partial charge in [-0.25, -0.2) is 18.3 Å². The monoisotopic (exact) mass is 388 g/mol. The Hall–Kier alpha value is -1.58. The summed E-state index contributed by atoms with van der Waals surface area (Å²) in [4.78, 5) is 0. The number of aryl methyl sites for hydroxylation is 4. The fraction of sp³-hybridized carbons (Fsp3) is 0.750. The zero-order valence-electron chi connectivity index (χ0n) is 18.6. The van der Waals surface area contributed by atoms with Crippen LogP contribution in [-0.4, -0.2) is 9.13 Å². The molecule has 0 unspecified atom stereocenters. The molecule has 0 N–H and O–H groups in total. The van der Waals surface area contributed by atoms with Gasteiger partial charge >= 0.3 is 0 Å². The molecule has 0 bridgehead atoms. The van der Waals surface area contributed by atoms with Crippen LogP contribution in [0.3, 0.4) is 0 Å². The average Bonchev–Trinajstić information content (AvgIpc) is 3.35. The van der Waals surface area contributed by atoms with Crippen molar-refractivity contribution >= 4 is 0 Å². The van der Waals surface area contributed by atoms with Crippen molar-refractivity contribution in [3.05, 3.63) is 37.4 Å². The average molecular weight is 389 g/mol. The maximum absolute atomic E-state index is 2.35. The maximum atomic E-state index is 2.35. The predicted octanol–water partition coefficient (Wildman–Crippen LogP) is 5.29. The molecule has 0 aliphatic carbocycles. The number of rotatable bonds is 17. The van der Waals surface area contributed by atoms with Gasteiger partial charge in [0.15, 0.2) is 0 Å². The molecule has 2 aromatic rings. The molecule has 0 amide bonds. The summed E-state index contributed by atoms with van der Waals surface area (Å²) in [7, 11) is 0. The van der Waals surface area contributed by atoms with E-state index in [1.807, 2.05) is 0 Å². The van der Waals surface area contributed by atoms with Crippen LogP contribution in [0.4, 0.5) is 0 Å². The summed E-state index contributed by atoms with van der Waals surface area (Å²) in [5.74, 6) is 0. The highest BCUT2D eigenvalue weighted by Gasteiger charge is 2.04. The first-order valence-electron chi connectivity index (χ1n) is 11.9. The van der Waals surface area contributed by atoms with Crippen LogP contribution in [0.15, 0.2) is 37.4 Å². The van der Waals surface area contributed by atoms with Crippen LogP contribution in [-0.2, 0) is 26.2 Å². The van der Waals surface area contributed by atoms with E-state index >= 15 is 0 Å². The molecule has 0 aliphatic heterocycles. The van der Waals surface area contributed by atoms with Crippen molar-refractivity contribution in [3.63, 3.8) is 0 Å². The van der Waals surface area contributed by atoms with Gasteiger partial charge in [0.2, 0.25) is 12.7 Å². The molecule has 0 saturated heterocycles. The predicted molar refractivity (Wildman–Crippen MR) is 116 cm³/mol. The Morgan fingerprint density at radius 3 is 1.32 bits per heavy atom. The molecule has 0 atom stereocenters. The number of imidazole rings is 2. The Balaban J connectivity index is 1.39. The molecule has 4 heteroatoms. The van der Waals surface area contributed by atoms with Gasteiger partial charge < -0.3 is 0 Å². The van der Waals surface area contributed by atoms with Crippen molar-refractivity contribution in [1.82, 2.24) is 9.13 Å². The van der Waals surface area contributed by atoms with E-state index in [-0.39, 0.29) is 0 Å². The van der Waals surface area contributed by atoms with Gasteiger partial charge in [-0.2, -0.15) is 0 Å². The molecule has 0 fully saturated rings. The second kappa shape index (κ2) is 14.4. The lowest BCUT2D eigenvalue weighted by atomic mass is 10.1. The summed E-state index contributed by atoms with van der Waals surface area (Å²) >= 11 is 0. The Bertz CT molecular complexity index is 559. The minimum absolute atomic E-state index is 1.16. The Morgan fingerprint density at radius 2 is 0.929 bits per heavy atom. The van der Waals surface area contributed by atoms with Gasteiger partial charge in [-0.05, 0) is 38.5 Å². The minimum Gasteiger partial charge on any atom is -0.237 e. The maximum Gasteiger partial charge on any atom is 0.243 e. The molecule has 28 heavy (non-hydrogen) atoms. The summed E-state index contributed by atoms with van der Waals surface area (Å²) in [6, 6.07) is 0. The topological polar surface area (TPSA) is 17.6 Å². The summed E-state index contributed by atoms with van der Waals surface area (Å²) in [6.45, 7) is 9.17. The van der Waals surface area contributed by atoms with Crippen LogP contribution in [0.1, 0.15) is 90.9 Å². The van der Waals surface area contributed by atoms with Gasteiger partial charge in [0, 0.05) is 0 Å². The molecule has 158 valence electrons. The fourth-order valence-corrected chi connectivity index (χ4v) is 3.74. The zero-order chi connectivity index (χ0) is 19.9. The fourth-order valence-electron chi connectivity index (χ4n) is 3.74. The van der Waals surface area contributed by atoms with Gasteiger partial charge in [-0.15, -0.1) is 0 Å². The highest BCUT2D eigenvalue weighted by Crippen LogP contribution is 2.08. The van der Waals surface area contributed by atoms with Gasteiger partial charge in [0.05, 0.1) is 26.2 Å². The number of hydrogen-bond donors (Lipinski definition) is 0. The van der Waals surface area contributed by atoms with E-state index in [2.05, 4.69) is 69.6 Å². The van der Waals surface area contributed by atoms with Crippen molar-refractivity contribution in [1.29, 1.82) is 0 Å². The minimum atomic E-state index is 1.16. The SMILES string of the molecule is CCCCn1cc[n+](CCCCCCCCCC[n+]2ccn(CCCC)c2)c1. The third kappa shape index (κ3) is 9.57. The third-order valence-electron chi connectivity index (χ3n) is 5.61. The highest BCUT2D eigenvalue weighted by molar-refractivity contribution is 4.66. The van der Waals surface area contributed by atoms with E-state index < -0.39 is 0 Å². The second-order valence-electron chi connectivity index (χ2n) is 8.31. The van der Waals surface area contributed by atoms with E-state index in [1.54, 1.807) is 0 Å². The molecular weight excluding hydrogens is 344 g/mol. The van der Waals surface area contributed by atoms with Crippen LogP contribution in [0, 0.1) is 0 Å². The van der Waals surface area contributed by atoms with Crippen LogP contribution >= 0.6 is 0 Å². The number of nitrogens with zero attached hydrogens (tertiary/aromatic N) is 4. The lowest BCUT2D eigenvalue weighted by Gasteiger charge is -2.01. The van der Waals surface area contributed by atoms with E-state index in [4.69, 9.17) is 0 Å². The molecule has 0 aliphatic rings. The van der Waals surface area contributed by atoms with Gasteiger partial charge in [-0.1, -0.05) is 52.4 Å². The Morgan fingerprint density at radius 1 is 0.536 bits per heavy atom. The summed E-state index contributed by atoms with van der Waals surface area (Å²) in [5, 5.41) is 0. The largest absolute Gasteiger partial charge is 0.243 e. The van der Waals surface area contributed by atoms with Crippen molar-refractivity contribution < 1.29 is 9.13 Å². The van der Waals surface area contributed by atoms with E-state index in [9.17, 15) is 0 Å². The lowest BCUT2D eigenvalue weighted by Crippen LogP contribution is -2.30. The van der Waals surface area contributed by atoms with Crippen molar-refractivity contribution in [2.75, 3.05) is 0 Å². The molecule has 2 rings (SSSR count).